The first-order valence-corrected chi connectivity index (χ1v) is 9.59. The van der Waals surface area contributed by atoms with E-state index in [0.29, 0.717) is 6.54 Å². The quantitative estimate of drug-likeness (QED) is 0.839. The minimum Gasteiger partial charge on any atom is -0.311 e. The molecule has 2 aromatic rings. The third kappa shape index (κ3) is 2.91. The fraction of sp³-hybridized carbons (Fsp3) is 0.294. The van der Waals surface area contributed by atoms with Crippen molar-refractivity contribution >= 4 is 33.0 Å². The van der Waals surface area contributed by atoms with E-state index in [1.165, 1.54) is 19.2 Å². The molecular weight excluding hydrogens is 348 g/mol. The van der Waals surface area contributed by atoms with Crippen molar-refractivity contribution in [3.05, 3.63) is 53.2 Å². The molecule has 1 atom stereocenters. The fourth-order valence-electron chi connectivity index (χ4n) is 2.86. The second-order valence-electron chi connectivity index (χ2n) is 5.70. The molecule has 1 aromatic carbocycles. The summed E-state index contributed by atoms with van der Waals surface area (Å²) in [4.78, 5) is 18.3. The van der Waals surface area contributed by atoms with Gasteiger partial charge in [-0.2, -0.15) is 0 Å². The molecule has 126 valence electrons. The summed E-state index contributed by atoms with van der Waals surface area (Å²) in [5.41, 5.74) is 1.83. The first-order valence-electron chi connectivity index (χ1n) is 7.66. The Morgan fingerprint density at radius 2 is 2.00 bits per heavy atom. The van der Waals surface area contributed by atoms with E-state index >= 15 is 0 Å². The summed E-state index contributed by atoms with van der Waals surface area (Å²) < 4.78 is 25.5. The van der Waals surface area contributed by atoms with Crippen LogP contribution in [0.4, 0.5) is 5.69 Å². The molecule has 0 saturated heterocycles. The van der Waals surface area contributed by atoms with Gasteiger partial charge in [0, 0.05) is 18.4 Å². The molecule has 24 heavy (non-hydrogen) atoms. The van der Waals surface area contributed by atoms with E-state index in [0.717, 1.165) is 24.1 Å². The monoisotopic (exact) mass is 364 g/mol. The molecule has 7 heteroatoms. The third-order valence-corrected chi connectivity index (χ3v) is 6.60. The maximum absolute atomic E-state index is 12.9. The van der Waals surface area contributed by atoms with Gasteiger partial charge in [0.2, 0.25) is 15.7 Å². The number of aromatic nitrogens is 1. The molecule has 1 aliphatic rings. The minimum absolute atomic E-state index is 0.0243. The van der Waals surface area contributed by atoms with Crippen molar-refractivity contribution in [2.75, 3.05) is 11.4 Å². The highest BCUT2D eigenvalue weighted by atomic mass is 35.5. The Kier molecular flexibility index (Phi) is 4.60. The number of rotatable bonds is 3. The van der Waals surface area contributed by atoms with Crippen LogP contribution in [0.15, 0.2) is 47.6 Å². The molecule has 1 aliphatic heterocycles. The number of aryl methyl sites for hydroxylation is 1. The van der Waals surface area contributed by atoms with Gasteiger partial charge in [-0.15, -0.1) is 0 Å². The first-order chi connectivity index (χ1) is 11.4. The van der Waals surface area contributed by atoms with Crippen molar-refractivity contribution < 1.29 is 13.2 Å². The Labute approximate surface area is 146 Å². The van der Waals surface area contributed by atoms with E-state index in [1.807, 2.05) is 24.3 Å². The van der Waals surface area contributed by atoms with Crippen molar-refractivity contribution in [2.45, 2.75) is 30.0 Å². The zero-order valence-electron chi connectivity index (χ0n) is 13.1. The zero-order valence-corrected chi connectivity index (χ0v) is 14.7. The van der Waals surface area contributed by atoms with E-state index < -0.39 is 21.0 Å². The predicted molar refractivity (Wildman–Crippen MR) is 93.0 cm³/mol. The van der Waals surface area contributed by atoms with Crippen molar-refractivity contribution in [3.63, 3.8) is 0 Å². The van der Waals surface area contributed by atoms with Gasteiger partial charge in [-0.1, -0.05) is 29.8 Å². The molecule has 0 fully saturated rings. The van der Waals surface area contributed by atoms with Crippen LogP contribution < -0.4 is 4.90 Å². The number of nitrogens with zero attached hydrogens (tertiary/aromatic N) is 2. The molecule has 0 aliphatic carbocycles. The van der Waals surface area contributed by atoms with Gasteiger partial charge in [-0.05, 0) is 43.5 Å². The predicted octanol–water partition coefficient (Wildman–Crippen LogP) is 2.88. The van der Waals surface area contributed by atoms with Gasteiger partial charge in [-0.25, -0.2) is 13.4 Å². The topological polar surface area (TPSA) is 67.3 Å². The van der Waals surface area contributed by atoms with Gasteiger partial charge >= 0.3 is 0 Å². The molecule has 0 radical (unpaired) electrons. The molecule has 0 spiro atoms. The van der Waals surface area contributed by atoms with E-state index in [2.05, 4.69) is 4.98 Å². The Hall–Kier alpha value is -1.92. The van der Waals surface area contributed by atoms with Gasteiger partial charge in [-0.3, -0.25) is 4.79 Å². The van der Waals surface area contributed by atoms with Gasteiger partial charge in [0.25, 0.3) is 0 Å². The van der Waals surface area contributed by atoms with E-state index in [9.17, 15) is 13.2 Å². The Morgan fingerprint density at radius 3 is 2.75 bits per heavy atom. The summed E-state index contributed by atoms with van der Waals surface area (Å²) in [6, 6.07) is 10.6. The number of anilines is 1. The first kappa shape index (κ1) is 16.9. The van der Waals surface area contributed by atoms with Gasteiger partial charge in [0.1, 0.15) is 5.25 Å². The number of hydrogen-bond donors (Lipinski definition) is 0. The average Bonchev–Trinajstić information content (AvgIpc) is 2.60. The lowest BCUT2D eigenvalue weighted by Gasteiger charge is -2.31. The Morgan fingerprint density at radius 1 is 1.25 bits per heavy atom. The maximum Gasteiger partial charge on any atom is 0.245 e. The average molecular weight is 365 g/mol. The maximum atomic E-state index is 12.9. The largest absolute Gasteiger partial charge is 0.311 e. The summed E-state index contributed by atoms with van der Waals surface area (Å²) in [6.45, 7) is 1.89. The summed E-state index contributed by atoms with van der Waals surface area (Å²) in [5.74, 6) is -0.455. The molecule has 5 nitrogen and oxygen atoms in total. The number of carbonyl (C=O) groups is 1. The number of halogens is 1. The molecule has 0 N–H and O–H groups in total. The number of para-hydroxylation sites is 1. The number of sulfone groups is 1. The van der Waals surface area contributed by atoms with Crippen LogP contribution in [0.5, 0.6) is 0 Å². The second-order valence-corrected chi connectivity index (χ2v) is 8.29. The third-order valence-electron chi connectivity index (χ3n) is 4.18. The fourth-order valence-corrected chi connectivity index (χ4v) is 4.58. The number of benzene rings is 1. The van der Waals surface area contributed by atoms with E-state index in [4.69, 9.17) is 11.6 Å². The van der Waals surface area contributed by atoms with Crippen molar-refractivity contribution in [1.29, 1.82) is 0 Å². The SMILES string of the molecule is C[C@H](C(=O)N1CCCc2ccccc21)S(=O)(=O)c1ncccc1Cl. The van der Waals surface area contributed by atoms with Crippen molar-refractivity contribution in [1.82, 2.24) is 4.98 Å². The number of fused-ring (bicyclic) bond motifs is 1. The van der Waals surface area contributed by atoms with Crippen LogP contribution in [0.2, 0.25) is 5.02 Å². The molecule has 2 heterocycles. The molecule has 1 amide bonds. The van der Waals surface area contributed by atoms with Crippen LogP contribution >= 0.6 is 11.6 Å². The lowest BCUT2D eigenvalue weighted by molar-refractivity contribution is -0.118. The van der Waals surface area contributed by atoms with Crippen LogP contribution in [-0.4, -0.2) is 31.1 Å². The number of amides is 1. The molecular formula is C17H17ClN2O3S. The van der Waals surface area contributed by atoms with Crippen LogP contribution in [0.3, 0.4) is 0 Å². The number of pyridine rings is 1. The Balaban J connectivity index is 1.95. The minimum atomic E-state index is -3.96. The summed E-state index contributed by atoms with van der Waals surface area (Å²) >= 11 is 5.96. The molecule has 3 rings (SSSR count). The standard InChI is InChI=1S/C17H17ClN2O3S/c1-12(24(22,23)16-14(18)8-4-10-19-16)17(21)20-11-5-7-13-6-2-3-9-15(13)20/h2-4,6,8-10,12H,5,7,11H2,1H3/t12-/m1/s1. The molecule has 0 saturated carbocycles. The molecule has 0 bridgehead atoms. The molecule has 0 unspecified atom stereocenters. The summed E-state index contributed by atoms with van der Waals surface area (Å²) in [5, 5.41) is -1.48. The van der Waals surface area contributed by atoms with Crippen LogP contribution in [0.25, 0.3) is 0 Å². The van der Waals surface area contributed by atoms with Crippen molar-refractivity contribution in [3.8, 4) is 0 Å². The van der Waals surface area contributed by atoms with Gasteiger partial charge < -0.3 is 4.90 Å². The Bertz CT molecular complexity index is 883. The second kappa shape index (κ2) is 6.53. The molecule has 1 aromatic heterocycles. The van der Waals surface area contributed by atoms with Gasteiger partial charge in [0.05, 0.1) is 5.02 Å². The van der Waals surface area contributed by atoms with Crippen LogP contribution in [0, 0.1) is 0 Å². The van der Waals surface area contributed by atoms with Crippen LogP contribution in [0.1, 0.15) is 18.9 Å². The highest BCUT2D eigenvalue weighted by molar-refractivity contribution is 7.92. The normalized spacial score (nSPS) is 15.7. The van der Waals surface area contributed by atoms with Crippen LogP contribution in [-0.2, 0) is 21.1 Å². The highest BCUT2D eigenvalue weighted by Crippen LogP contribution is 2.29. The van der Waals surface area contributed by atoms with Crippen molar-refractivity contribution in [2.24, 2.45) is 0 Å². The number of carbonyl (C=O) groups excluding carboxylic acids is 1. The highest BCUT2D eigenvalue weighted by Gasteiger charge is 2.36. The lowest BCUT2D eigenvalue weighted by Crippen LogP contribution is -2.44. The van der Waals surface area contributed by atoms with Gasteiger partial charge in [0.15, 0.2) is 5.03 Å². The smallest absolute Gasteiger partial charge is 0.245 e. The van der Waals surface area contributed by atoms with E-state index in [1.54, 1.807) is 11.0 Å². The summed E-state index contributed by atoms with van der Waals surface area (Å²) in [6.07, 6.45) is 3.04. The number of hydrogen-bond acceptors (Lipinski definition) is 4. The zero-order chi connectivity index (χ0) is 17.3. The summed E-state index contributed by atoms with van der Waals surface area (Å²) in [7, 11) is -3.96. The lowest BCUT2D eigenvalue weighted by atomic mass is 10.0. The van der Waals surface area contributed by atoms with E-state index in [-0.39, 0.29) is 10.0 Å².